The molecule has 0 aliphatic rings. The first kappa shape index (κ1) is 16.9. The summed E-state index contributed by atoms with van der Waals surface area (Å²) in [5.74, 6) is 1.61. The lowest BCUT2D eigenvalue weighted by atomic mass is 10.1. The van der Waals surface area contributed by atoms with Crippen molar-refractivity contribution in [2.24, 2.45) is 0 Å². The highest BCUT2D eigenvalue weighted by atomic mass is 32.2. The van der Waals surface area contributed by atoms with Crippen LogP contribution in [0, 0.1) is 0 Å². The molecule has 0 saturated heterocycles. The zero-order valence-electron chi connectivity index (χ0n) is 13.5. The Hall–Kier alpha value is -1.49. The minimum Gasteiger partial charge on any atom is -0.598 e. The van der Waals surface area contributed by atoms with Gasteiger partial charge in [-0.15, -0.1) is 4.72 Å². The van der Waals surface area contributed by atoms with E-state index in [4.69, 9.17) is 4.74 Å². The van der Waals surface area contributed by atoms with Crippen LogP contribution in [0.5, 0.6) is 11.5 Å². The van der Waals surface area contributed by atoms with Crippen LogP contribution in [0.2, 0.25) is 0 Å². The maximum atomic E-state index is 12.1. The molecular formula is C18H23NO2S. The Morgan fingerprint density at radius 2 is 1.50 bits per heavy atom. The molecule has 118 valence electrons. The molecular weight excluding hydrogens is 294 g/mol. The second kappa shape index (κ2) is 7.18. The quantitative estimate of drug-likeness (QED) is 0.820. The van der Waals surface area contributed by atoms with Crippen molar-refractivity contribution in [3.8, 4) is 11.5 Å². The van der Waals surface area contributed by atoms with E-state index < -0.39 is 11.4 Å². The summed E-state index contributed by atoms with van der Waals surface area (Å²) in [6.45, 7) is 7.88. The molecule has 0 fully saturated rings. The number of hydrogen-bond donors (Lipinski definition) is 1. The molecule has 0 saturated carbocycles. The number of ether oxygens (including phenoxy) is 1. The van der Waals surface area contributed by atoms with E-state index in [9.17, 15) is 4.55 Å². The first-order valence-corrected chi connectivity index (χ1v) is 8.52. The first-order valence-electron chi connectivity index (χ1n) is 7.37. The predicted molar refractivity (Wildman–Crippen MR) is 92.4 cm³/mol. The van der Waals surface area contributed by atoms with Gasteiger partial charge in [0.2, 0.25) is 0 Å². The fourth-order valence-electron chi connectivity index (χ4n) is 1.85. The first-order chi connectivity index (χ1) is 10.4. The van der Waals surface area contributed by atoms with Gasteiger partial charge in [0.05, 0.1) is 6.04 Å². The summed E-state index contributed by atoms with van der Waals surface area (Å²) in [5, 5.41) is 0. The molecule has 0 bridgehead atoms. The molecule has 0 aliphatic carbocycles. The predicted octanol–water partition coefficient (Wildman–Crippen LogP) is 4.59. The summed E-state index contributed by atoms with van der Waals surface area (Å²) in [6, 6.07) is 17.6. The van der Waals surface area contributed by atoms with E-state index in [0.717, 1.165) is 17.1 Å². The Balaban J connectivity index is 1.99. The average molecular weight is 317 g/mol. The van der Waals surface area contributed by atoms with Crippen molar-refractivity contribution in [3.05, 3.63) is 60.2 Å². The number of nitrogens with one attached hydrogen (secondary N) is 1. The van der Waals surface area contributed by atoms with Crippen molar-refractivity contribution in [3.63, 3.8) is 0 Å². The summed E-state index contributed by atoms with van der Waals surface area (Å²) in [7, 11) is 0. The normalized spacial score (nSPS) is 14.4. The third-order valence-corrected chi connectivity index (χ3v) is 4.88. The molecule has 0 amide bonds. The molecule has 2 aromatic carbocycles. The molecule has 22 heavy (non-hydrogen) atoms. The Kier molecular flexibility index (Phi) is 5.51. The van der Waals surface area contributed by atoms with Gasteiger partial charge in [0.25, 0.3) is 0 Å². The van der Waals surface area contributed by atoms with Crippen LogP contribution in [-0.4, -0.2) is 9.30 Å². The second-order valence-corrected chi connectivity index (χ2v) is 8.20. The lowest BCUT2D eigenvalue weighted by Gasteiger charge is -2.26. The molecule has 4 heteroatoms. The molecule has 1 N–H and O–H groups in total. The van der Waals surface area contributed by atoms with E-state index >= 15 is 0 Å². The van der Waals surface area contributed by atoms with Gasteiger partial charge in [0, 0.05) is 11.4 Å². The van der Waals surface area contributed by atoms with E-state index in [1.54, 1.807) is 0 Å². The van der Waals surface area contributed by atoms with E-state index in [1.807, 2.05) is 82.3 Å². The van der Waals surface area contributed by atoms with Crippen LogP contribution in [0.4, 0.5) is 0 Å². The molecule has 2 atom stereocenters. The van der Waals surface area contributed by atoms with Gasteiger partial charge in [-0.2, -0.15) is 0 Å². The lowest BCUT2D eigenvalue weighted by molar-refractivity contribution is 0.482. The van der Waals surface area contributed by atoms with E-state index in [2.05, 4.69) is 4.72 Å². The van der Waals surface area contributed by atoms with Gasteiger partial charge in [-0.25, -0.2) is 0 Å². The third-order valence-electron chi connectivity index (χ3n) is 3.20. The summed E-state index contributed by atoms with van der Waals surface area (Å²) < 4.78 is 20.8. The van der Waals surface area contributed by atoms with Crippen molar-refractivity contribution in [1.29, 1.82) is 0 Å². The molecule has 3 nitrogen and oxygen atoms in total. The Labute approximate surface area is 136 Å². The van der Waals surface area contributed by atoms with E-state index in [0.29, 0.717) is 0 Å². The maximum absolute atomic E-state index is 12.1. The number of hydrogen-bond acceptors (Lipinski definition) is 3. The van der Waals surface area contributed by atoms with Crippen LogP contribution in [0.25, 0.3) is 0 Å². The standard InChI is InChI=1S/C18H23NO2S/c1-14(19-22(20)18(2,3)4)15-10-12-17(13-11-15)21-16-8-6-5-7-9-16/h5-14,19H,1-4H3/t14-,22+/m0/s1. The van der Waals surface area contributed by atoms with Crippen molar-refractivity contribution < 1.29 is 9.29 Å². The van der Waals surface area contributed by atoms with Crippen LogP contribution in [-0.2, 0) is 11.4 Å². The summed E-state index contributed by atoms with van der Waals surface area (Å²) in [4.78, 5) is 0. The van der Waals surface area contributed by atoms with Crippen LogP contribution in [0.15, 0.2) is 54.6 Å². The van der Waals surface area contributed by atoms with Crippen LogP contribution >= 0.6 is 0 Å². The molecule has 0 radical (unpaired) electrons. The number of para-hydroxylation sites is 1. The fraction of sp³-hybridized carbons (Fsp3) is 0.333. The van der Waals surface area contributed by atoms with Gasteiger partial charge in [-0.1, -0.05) is 30.3 Å². The van der Waals surface area contributed by atoms with Crippen molar-refractivity contribution in [1.82, 2.24) is 4.72 Å². The van der Waals surface area contributed by atoms with Gasteiger partial charge < -0.3 is 9.29 Å². The molecule has 0 heterocycles. The van der Waals surface area contributed by atoms with Crippen molar-refractivity contribution in [2.45, 2.75) is 38.5 Å². The Morgan fingerprint density at radius 3 is 2.05 bits per heavy atom. The number of rotatable bonds is 5. The summed E-state index contributed by atoms with van der Waals surface area (Å²) >= 11 is -1.09. The smallest absolute Gasteiger partial charge is 0.136 e. The number of benzene rings is 2. The van der Waals surface area contributed by atoms with Gasteiger partial charge in [-0.05, 0) is 57.5 Å². The van der Waals surface area contributed by atoms with Crippen LogP contribution < -0.4 is 9.46 Å². The molecule has 2 rings (SSSR count). The molecule has 0 aliphatic heterocycles. The lowest BCUT2D eigenvalue weighted by Crippen LogP contribution is -2.40. The van der Waals surface area contributed by atoms with Gasteiger partial charge in [-0.3, -0.25) is 0 Å². The summed E-state index contributed by atoms with van der Waals surface area (Å²) in [6.07, 6.45) is 0. The SMILES string of the molecule is C[C@H](N[S@+]([O-])C(C)(C)C)c1ccc(Oc2ccccc2)cc1. The third kappa shape index (κ3) is 4.77. The van der Waals surface area contributed by atoms with Gasteiger partial charge >= 0.3 is 0 Å². The highest BCUT2D eigenvalue weighted by molar-refractivity contribution is 7.90. The summed E-state index contributed by atoms with van der Waals surface area (Å²) in [5.41, 5.74) is 1.08. The van der Waals surface area contributed by atoms with Crippen molar-refractivity contribution in [2.75, 3.05) is 0 Å². The molecule has 0 spiro atoms. The second-order valence-electron chi connectivity index (χ2n) is 6.20. The Morgan fingerprint density at radius 1 is 0.955 bits per heavy atom. The molecule has 2 aromatic rings. The topological polar surface area (TPSA) is 44.3 Å². The molecule has 0 aromatic heterocycles. The minimum absolute atomic E-state index is 0.0193. The zero-order chi connectivity index (χ0) is 16.2. The van der Waals surface area contributed by atoms with Crippen LogP contribution in [0.3, 0.4) is 0 Å². The van der Waals surface area contributed by atoms with Gasteiger partial charge in [0.1, 0.15) is 16.2 Å². The minimum atomic E-state index is -1.09. The maximum Gasteiger partial charge on any atom is 0.136 e. The highest BCUT2D eigenvalue weighted by Crippen LogP contribution is 2.24. The highest BCUT2D eigenvalue weighted by Gasteiger charge is 2.28. The Bertz CT molecular complexity index is 578. The van der Waals surface area contributed by atoms with E-state index in [-0.39, 0.29) is 10.8 Å². The zero-order valence-corrected chi connectivity index (χ0v) is 14.3. The van der Waals surface area contributed by atoms with E-state index in [1.165, 1.54) is 0 Å². The van der Waals surface area contributed by atoms with Gasteiger partial charge in [0.15, 0.2) is 0 Å². The van der Waals surface area contributed by atoms with Crippen LogP contribution in [0.1, 0.15) is 39.3 Å². The average Bonchev–Trinajstić information content (AvgIpc) is 2.48. The largest absolute Gasteiger partial charge is 0.598 e. The monoisotopic (exact) mass is 317 g/mol. The fourth-order valence-corrected chi connectivity index (χ4v) is 2.67. The molecule has 0 unspecified atom stereocenters. The van der Waals surface area contributed by atoms with Crippen molar-refractivity contribution >= 4 is 11.4 Å².